The second-order valence-corrected chi connectivity index (χ2v) is 5.71. The average molecular weight is 309 g/mol. The smallest absolute Gasteiger partial charge is 0.253 e. The monoisotopic (exact) mass is 309 g/mol. The van der Waals surface area contributed by atoms with E-state index in [0.29, 0.717) is 18.0 Å². The van der Waals surface area contributed by atoms with Crippen LogP contribution in [0, 0.1) is 5.92 Å². The Labute approximate surface area is 137 Å². The Morgan fingerprint density at radius 2 is 1.96 bits per heavy atom. The number of rotatable bonds is 7. The molecule has 1 unspecified atom stereocenters. The van der Waals surface area contributed by atoms with Gasteiger partial charge >= 0.3 is 0 Å². The van der Waals surface area contributed by atoms with Crippen molar-refractivity contribution in [1.29, 1.82) is 0 Å². The Balaban J connectivity index is 2.09. The van der Waals surface area contributed by atoms with E-state index in [-0.39, 0.29) is 11.9 Å². The standard InChI is InChI=1S/C19H23N3O/c1-4-12-20-19(23)16-10-11-17(21-13-16)22-18(14(2)3)15-8-6-5-7-9-15/h4-11,13-14,18H,1,12H2,2-3H3,(H,20,23)(H,21,22). The number of benzene rings is 1. The van der Waals surface area contributed by atoms with Crippen LogP contribution in [0.4, 0.5) is 5.82 Å². The molecule has 0 saturated carbocycles. The van der Waals surface area contributed by atoms with E-state index in [0.717, 1.165) is 5.82 Å². The van der Waals surface area contributed by atoms with Gasteiger partial charge in [0.15, 0.2) is 0 Å². The van der Waals surface area contributed by atoms with Gasteiger partial charge in [-0.1, -0.05) is 50.3 Å². The summed E-state index contributed by atoms with van der Waals surface area (Å²) in [6.07, 6.45) is 3.23. The molecule has 0 aliphatic rings. The number of nitrogens with one attached hydrogen (secondary N) is 2. The molecule has 0 fully saturated rings. The maximum atomic E-state index is 11.8. The molecule has 1 aromatic carbocycles. The molecule has 0 spiro atoms. The van der Waals surface area contributed by atoms with Crippen LogP contribution in [0.3, 0.4) is 0 Å². The second kappa shape index (κ2) is 8.13. The summed E-state index contributed by atoms with van der Waals surface area (Å²) in [5.41, 5.74) is 1.76. The zero-order valence-electron chi connectivity index (χ0n) is 13.6. The fourth-order valence-corrected chi connectivity index (χ4v) is 2.34. The minimum Gasteiger partial charge on any atom is -0.363 e. The number of amides is 1. The number of anilines is 1. The lowest BCUT2D eigenvalue weighted by molar-refractivity contribution is 0.0957. The van der Waals surface area contributed by atoms with Gasteiger partial charge in [-0.25, -0.2) is 4.98 Å². The lowest BCUT2D eigenvalue weighted by Gasteiger charge is -2.23. The van der Waals surface area contributed by atoms with Gasteiger partial charge in [0, 0.05) is 12.7 Å². The second-order valence-electron chi connectivity index (χ2n) is 5.71. The third kappa shape index (κ3) is 4.68. The van der Waals surface area contributed by atoms with E-state index in [4.69, 9.17) is 0 Å². The molecule has 2 aromatic rings. The number of carbonyl (C=O) groups is 1. The Morgan fingerprint density at radius 3 is 2.52 bits per heavy atom. The van der Waals surface area contributed by atoms with Crippen molar-refractivity contribution in [3.8, 4) is 0 Å². The number of pyridine rings is 1. The van der Waals surface area contributed by atoms with E-state index in [2.05, 4.69) is 48.2 Å². The van der Waals surface area contributed by atoms with Gasteiger partial charge in [-0.05, 0) is 23.6 Å². The van der Waals surface area contributed by atoms with Gasteiger partial charge in [-0.3, -0.25) is 4.79 Å². The first-order valence-corrected chi connectivity index (χ1v) is 7.78. The normalized spacial score (nSPS) is 11.8. The van der Waals surface area contributed by atoms with Gasteiger partial charge in [0.05, 0.1) is 11.6 Å². The highest BCUT2D eigenvalue weighted by molar-refractivity contribution is 5.94. The van der Waals surface area contributed by atoms with Crippen LogP contribution >= 0.6 is 0 Å². The first-order chi connectivity index (χ1) is 11.1. The highest BCUT2D eigenvalue weighted by Crippen LogP contribution is 2.25. The van der Waals surface area contributed by atoms with Crippen LogP contribution in [0.2, 0.25) is 0 Å². The zero-order chi connectivity index (χ0) is 16.7. The summed E-state index contributed by atoms with van der Waals surface area (Å²) in [5, 5.41) is 6.18. The van der Waals surface area contributed by atoms with E-state index in [9.17, 15) is 4.79 Å². The van der Waals surface area contributed by atoms with Crippen LogP contribution in [0.5, 0.6) is 0 Å². The minimum absolute atomic E-state index is 0.146. The molecule has 0 aliphatic carbocycles. The molecular weight excluding hydrogens is 286 g/mol. The summed E-state index contributed by atoms with van der Waals surface area (Å²) in [5.74, 6) is 1.02. The van der Waals surface area contributed by atoms with Crippen molar-refractivity contribution in [3.05, 3.63) is 72.4 Å². The summed E-state index contributed by atoms with van der Waals surface area (Å²) in [7, 11) is 0. The number of nitrogens with zero attached hydrogens (tertiary/aromatic N) is 1. The first-order valence-electron chi connectivity index (χ1n) is 7.78. The van der Waals surface area contributed by atoms with Crippen LogP contribution < -0.4 is 10.6 Å². The Bertz CT molecular complexity index is 635. The fraction of sp³-hybridized carbons (Fsp3) is 0.263. The van der Waals surface area contributed by atoms with Crippen molar-refractivity contribution in [2.24, 2.45) is 5.92 Å². The molecule has 1 amide bonds. The number of aromatic nitrogens is 1. The van der Waals surface area contributed by atoms with Crippen molar-refractivity contribution in [3.63, 3.8) is 0 Å². The summed E-state index contributed by atoms with van der Waals surface area (Å²) >= 11 is 0. The minimum atomic E-state index is -0.146. The fourth-order valence-electron chi connectivity index (χ4n) is 2.34. The molecule has 0 radical (unpaired) electrons. The lowest BCUT2D eigenvalue weighted by Crippen LogP contribution is -2.23. The number of hydrogen-bond donors (Lipinski definition) is 2. The van der Waals surface area contributed by atoms with Crippen molar-refractivity contribution < 1.29 is 4.79 Å². The summed E-state index contributed by atoms with van der Waals surface area (Å²) in [6.45, 7) is 8.36. The third-order valence-electron chi connectivity index (χ3n) is 3.56. The molecule has 23 heavy (non-hydrogen) atoms. The molecule has 4 heteroatoms. The van der Waals surface area contributed by atoms with Crippen LogP contribution in [0.25, 0.3) is 0 Å². The highest BCUT2D eigenvalue weighted by atomic mass is 16.1. The van der Waals surface area contributed by atoms with Gasteiger partial charge in [0.1, 0.15) is 5.82 Å². The molecule has 2 rings (SSSR count). The summed E-state index contributed by atoms with van der Waals surface area (Å²) in [6, 6.07) is 14.1. The van der Waals surface area contributed by atoms with Crippen molar-refractivity contribution in [1.82, 2.24) is 10.3 Å². The first kappa shape index (κ1) is 16.7. The highest BCUT2D eigenvalue weighted by Gasteiger charge is 2.16. The van der Waals surface area contributed by atoms with E-state index in [1.54, 1.807) is 18.3 Å². The van der Waals surface area contributed by atoms with E-state index < -0.39 is 0 Å². The van der Waals surface area contributed by atoms with Crippen molar-refractivity contribution >= 4 is 11.7 Å². The quantitative estimate of drug-likeness (QED) is 0.765. The van der Waals surface area contributed by atoms with Gasteiger partial charge in [-0.15, -0.1) is 6.58 Å². The van der Waals surface area contributed by atoms with E-state index in [1.807, 2.05) is 24.3 Å². The summed E-state index contributed by atoms with van der Waals surface area (Å²) < 4.78 is 0. The molecule has 2 N–H and O–H groups in total. The average Bonchev–Trinajstić information content (AvgIpc) is 2.58. The van der Waals surface area contributed by atoms with Crippen LogP contribution in [0.1, 0.15) is 35.8 Å². The molecule has 1 aromatic heterocycles. The van der Waals surface area contributed by atoms with Crippen molar-refractivity contribution in [2.75, 3.05) is 11.9 Å². The molecule has 0 aliphatic heterocycles. The van der Waals surface area contributed by atoms with Crippen LogP contribution in [-0.4, -0.2) is 17.4 Å². The Morgan fingerprint density at radius 1 is 1.22 bits per heavy atom. The van der Waals surface area contributed by atoms with E-state index in [1.165, 1.54) is 5.56 Å². The largest absolute Gasteiger partial charge is 0.363 e. The van der Waals surface area contributed by atoms with Gasteiger partial charge < -0.3 is 10.6 Å². The predicted molar refractivity (Wildman–Crippen MR) is 94.4 cm³/mol. The molecule has 1 heterocycles. The molecular formula is C19H23N3O. The molecule has 1 atom stereocenters. The molecule has 120 valence electrons. The third-order valence-corrected chi connectivity index (χ3v) is 3.56. The van der Waals surface area contributed by atoms with Gasteiger partial charge in [-0.2, -0.15) is 0 Å². The number of hydrogen-bond acceptors (Lipinski definition) is 3. The molecule has 0 bridgehead atoms. The predicted octanol–water partition coefficient (Wildman–Crippen LogP) is 3.81. The maximum Gasteiger partial charge on any atom is 0.253 e. The maximum absolute atomic E-state index is 11.8. The zero-order valence-corrected chi connectivity index (χ0v) is 13.6. The lowest BCUT2D eigenvalue weighted by atomic mass is 9.96. The van der Waals surface area contributed by atoms with Gasteiger partial charge in [0.2, 0.25) is 0 Å². The Kier molecular flexibility index (Phi) is 5.92. The molecule has 4 nitrogen and oxygen atoms in total. The molecule has 0 saturated heterocycles. The van der Waals surface area contributed by atoms with Crippen molar-refractivity contribution in [2.45, 2.75) is 19.9 Å². The van der Waals surface area contributed by atoms with E-state index >= 15 is 0 Å². The van der Waals surface area contributed by atoms with Gasteiger partial charge in [0.25, 0.3) is 5.91 Å². The SMILES string of the molecule is C=CCNC(=O)c1ccc(NC(c2ccccc2)C(C)C)nc1. The summed E-state index contributed by atoms with van der Waals surface area (Å²) in [4.78, 5) is 16.2. The number of carbonyl (C=O) groups excluding carboxylic acids is 1. The van der Waals surface area contributed by atoms with Crippen LogP contribution in [0.15, 0.2) is 61.3 Å². The topological polar surface area (TPSA) is 54.0 Å². The Hall–Kier alpha value is -2.62. The van der Waals surface area contributed by atoms with Crippen LogP contribution in [-0.2, 0) is 0 Å².